The van der Waals surface area contributed by atoms with Gasteiger partial charge in [0, 0.05) is 11.3 Å². The van der Waals surface area contributed by atoms with Crippen LogP contribution in [-0.4, -0.2) is 60.1 Å². The summed E-state index contributed by atoms with van der Waals surface area (Å²) in [6, 6.07) is -0.690. The van der Waals surface area contributed by atoms with Crippen LogP contribution in [0.25, 0.3) is 0 Å². The van der Waals surface area contributed by atoms with Crippen LogP contribution in [-0.2, 0) is 4.79 Å². The number of hydrogen-bond acceptors (Lipinski definition) is 6. The van der Waals surface area contributed by atoms with E-state index in [1.165, 1.54) is 0 Å². The second kappa shape index (κ2) is 9.51. The molecule has 28 heavy (non-hydrogen) atoms. The Kier molecular flexibility index (Phi) is 7.52. The Morgan fingerprint density at radius 2 is 2.04 bits per heavy atom. The minimum absolute atomic E-state index is 0.0476. The van der Waals surface area contributed by atoms with Crippen LogP contribution in [0, 0.1) is 11.8 Å². The van der Waals surface area contributed by atoms with Crippen LogP contribution in [0.3, 0.4) is 0 Å². The third kappa shape index (κ3) is 5.75. The average Bonchev–Trinajstić information content (AvgIpc) is 3.06. The van der Waals surface area contributed by atoms with Gasteiger partial charge in [-0.3, -0.25) is 9.69 Å². The van der Waals surface area contributed by atoms with E-state index >= 15 is 0 Å². The predicted molar refractivity (Wildman–Crippen MR) is 104 cm³/mol. The maximum Gasteiger partial charge on any atom is 0.391 e. The monoisotopic (exact) mass is 423 g/mol. The molecule has 6 atom stereocenters. The van der Waals surface area contributed by atoms with Crippen molar-refractivity contribution in [3.8, 4) is 0 Å². The van der Waals surface area contributed by atoms with Crippen LogP contribution >= 0.6 is 11.8 Å². The Morgan fingerprint density at radius 1 is 1.25 bits per heavy atom. The van der Waals surface area contributed by atoms with E-state index in [1.54, 1.807) is 0 Å². The zero-order valence-corrected chi connectivity index (χ0v) is 17.3. The lowest BCUT2D eigenvalue weighted by molar-refractivity contribution is -0.183. The van der Waals surface area contributed by atoms with Gasteiger partial charge >= 0.3 is 6.18 Å². The summed E-state index contributed by atoms with van der Waals surface area (Å²) in [4.78, 5) is 14.8. The first-order chi connectivity index (χ1) is 13.2. The molecule has 0 bridgehead atoms. The molecule has 2 heterocycles. The Bertz CT molecular complexity index is 538. The normalized spacial score (nSPS) is 36.2. The van der Waals surface area contributed by atoms with Crippen LogP contribution in [0.5, 0.6) is 0 Å². The number of nitrogens with zero attached hydrogens (tertiary/aromatic N) is 1. The first kappa shape index (κ1) is 22.1. The van der Waals surface area contributed by atoms with Gasteiger partial charge in [-0.05, 0) is 51.6 Å². The van der Waals surface area contributed by atoms with Crippen molar-refractivity contribution < 1.29 is 18.0 Å². The van der Waals surface area contributed by atoms with Crippen molar-refractivity contribution in [2.24, 2.45) is 11.8 Å². The molecule has 3 rings (SSSR count). The lowest BCUT2D eigenvalue weighted by Gasteiger charge is -2.36. The molecule has 0 aromatic rings. The van der Waals surface area contributed by atoms with Crippen LogP contribution in [0.4, 0.5) is 13.2 Å². The molecule has 3 aliphatic rings. The van der Waals surface area contributed by atoms with Crippen molar-refractivity contribution in [1.29, 1.82) is 0 Å². The molecule has 2 aliphatic heterocycles. The number of alkyl halides is 3. The maximum absolute atomic E-state index is 13.0. The van der Waals surface area contributed by atoms with Crippen molar-refractivity contribution in [1.82, 2.24) is 26.4 Å². The lowest BCUT2D eigenvalue weighted by Crippen LogP contribution is -2.53. The molecule has 1 saturated carbocycles. The van der Waals surface area contributed by atoms with Gasteiger partial charge < -0.3 is 10.6 Å². The molecule has 10 heteroatoms. The predicted octanol–water partition coefficient (Wildman–Crippen LogP) is 1.99. The highest BCUT2D eigenvalue weighted by molar-refractivity contribution is 8.00. The second-order valence-electron chi connectivity index (χ2n) is 8.33. The minimum Gasteiger partial charge on any atom is -0.352 e. The van der Waals surface area contributed by atoms with E-state index in [1.807, 2.05) is 11.8 Å². The van der Waals surface area contributed by atoms with Gasteiger partial charge in [-0.15, -0.1) is 11.8 Å². The quantitative estimate of drug-likeness (QED) is 0.542. The van der Waals surface area contributed by atoms with Gasteiger partial charge in [0.2, 0.25) is 5.91 Å². The number of piperidine rings is 1. The summed E-state index contributed by atoms with van der Waals surface area (Å²) in [6.45, 7) is 3.27. The molecule has 5 unspecified atom stereocenters. The van der Waals surface area contributed by atoms with Crippen molar-refractivity contribution in [3.05, 3.63) is 0 Å². The van der Waals surface area contributed by atoms with E-state index < -0.39 is 18.1 Å². The van der Waals surface area contributed by atoms with Gasteiger partial charge in [0.25, 0.3) is 0 Å². The van der Waals surface area contributed by atoms with Crippen molar-refractivity contribution in [2.75, 3.05) is 20.3 Å². The van der Waals surface area contributed by atoms with Gasteiger partial charge in [0.05, 0.1) is 18.6 Å². The number of hydrogen-bond donors (Lipinski definition) is 4. The maximum atomic E-state index is 13.0. The Balaban J connectivity index is 1.48. The van der Waals surface area contributed by atoms with Crippen LogP contribution in [0.2, 0.25) is 0 Å². The van der Waals surface area contributed by atoms with Crippen molar-refractivity contribution in [3.63, 3.8) is 0 Å². The van der Waals surface area contributed by atoms with Gasteiger partial charge in [0.1, 0.15) is 5.50 Å². The van der Waals surface area contributed by atoms with Crippen molar-refractivity contribution in [2.45, 2.75) is 74.5 Å². The summed E-state index contributed by atoms with van der Waals surface area (Å²) < 4.78 is 39.0. The fourth-order valence-electron chi connectivity index (χ4n) is 4.40. The molecular formula is C18H32F3N5OS. The van der Waals surface area contributed by atoms with E-state index in [9.17, 15) is 18.0 Å². The van der Waals surface area contributed by atoms with E-state index in [4.69, 9.17) is 0 Å². The highest BCUT2D eigenvalue weighted by atomic mass is 32.2. The number of rotatable bonds is 5. The third-order valence-electron chi connectivity index (χ3n) is 6.21. The summed E-state index contributed by atoms with van der Waals surface area (Å²) in [5, 5.41) is 6.42. The highest BCUT2D eigenvalue weighted by Gasteiger charge is 2.44. The molecular weight excluding hydrogens is 391 g/mol. The van der Waals surface area contributed by atoms with Gasteiger partial charge in [0.15, 0.2) is 0 Å². The second-order valence-corrected chi connectivity index (χ2v) is 9.79. The molecule has 0 aromatic heterocycles. The van der Waals surface area contributed by atoms with Crippen LogP contribution < -0.4 is 21.5 Å². The van der Waals surface area contributed by atoms with Crippen molar-refractivity contribution >= 4 is 17.7 Å². The Morgan fingerprint density at radius 3 is 2.71 bits per heavy atom. The molecule has 1 aliphatic carbocycles. The Hall–Kier alpha value is -0.550. The molecule has 4 N–H and O–H groups in total. The zero-order valence-electron chi connectivity index (χ0n) is 16.5. The topological polar surface area (TPSA) is 68.4 Å². The molecule has 0 aromatic carbocycles. The SMILES string of the molecule is C[C@H](SC1NNCN1C)C1CCCC(NC(=O)C2CC(C(F)(F)F)CCN2)C1. The molecule has 6 nitrogen and oxygen atoms in total. The lowest BCUT2D eigenvalue weighted by atomic mass is 9.83. The molecule has 2 saturated heterocycles. The first-order valence-corrected chi connectivity index (χ1v) is 11.1. The fraction of sp³-hybridized carbons (Fsp3) is 0.944. The first-order valence-electron chi connectivity index (χ1n) is 10.2. The molecule has 3 fully saturated rings. The zero-order chi connectivity index (χ0) is 20.3. The van der Waals surface area contributed by atoms with Gasteiger partial charge in [-0.2, -0.15) is 13.2 Å². The number of amides is 1. The fourth-order valence-corrected chi connectivity index (χ4v) is 5.71. The van der Waals surface area contributed by atoms with Crippen LogP contribution in [0.1, 0.15) is 45.4 Å². The minimum atomic E-state index is -4.22. The summed E-state index contributed by atoms with van der Waals surface area (Å²) in [6.07, 6.45) is -0.383. The summed E-state index contributed by atoms with van der Waals surface area (Å²) in [5.74, 6) is -1.17. The number of carbonyl (C=O) groups is 1. The number of thioether (sulfide) groups is 1. The van der Waals surface area contributed by atoms with E-state index in [0.29, 0.717) is 11.2 Å². The standard InChI is InChI=1S/C18H32F3N5OS/c1-11(28-17-25-23-10-26(17)2)12-4-3-5-14(8-12)24-16(27)15-9-13(6-7-22-15)18(19,20)21/h11-15,17,22-23,25H,3-10H2,1-2H3,(H,24,27)/t11-,12?,13?,14?,15?,17?/m0/s1. The average molecular weight is 424 g/mol. The molecule has 0 spiro atoms. The van der Waals surface area contributed by atoms with Gasteiger partial charge in [-0.1, -0.05) is 13.3 Å². The number of carbonyl (C=O) groups excluding carboxylic acids is 1. The smallest absolute Gasteiger partial charge is 0.352 e. The summed E-state index contributed by atoms with van der Waals surface area (Å²) in [7, 11) is 2.06. The number of hydrazine groups is 1. The summed E-state index contributed by atoms with van der Waals surface area (Å²) >= 11 is 1.88. The van der Waals surface area contributed by atoms with E-state index in [2.05, 4.69) is 40.4 Å². The van der Waals surface area contributed by atoms with Crippen LogP contribution in [0.15, 0.2) is 0 Å². The number of halogens is 3. The molecule has 162 valence electrons. The largest absolute Gasteiger partial charge is 0.391 e. The Labute approximate surface area is 169 Å². The molecule has 1 amide bonds. The highest BCUT2D eigenvalue weighted by Crippen LogP contribution is 2.36. The number of nitrogens with one attached hydrogen (secondary N) is 4. The van der Waals surface area contributed by atoms with E-state index in [-0.39, 0.29) is 36.8 Å². The summed E-state index contributed by atoms with van der Waals surface area (Å²) in [5.41, 5.74) is 6.61. The van der Waals surface area contributed by atoms with Gasteiger partial charge in [-0.25, -0.2) is 10.9 Å². The third-order valence-corrected chi connectivity index (χ3v) is 7.76. The van der Waals surface area contributed by atoms with E-state index in [0.717, 1.165) is 32.4 Å². The molecule has 0 radical (unpaired) electrons.